The summed E-state index contributed by atoms with van der Waals surface area (Å²) in [7, 11) is 0. The minimum Gasteiger partial charge on any atom is -0.480 e. The van der Waals surface area contributed by atoms with Gasteiger partial charge in [-0.1, -0.05) is 36.4 Å². The Morgan fingerprint density at radius 1 is 1.14 bits per heavy atom. The number of aromatic nitrogens is 1. The van der Waals surface area contributed by atoms with E-state index in [1.807, 2.05) is 48.5 Å². The standard InChI is InChI=1S/C18H14N2O2/c19-9-8-15-11-20(12-18(21)22)17-7-6-14(10-16(15)17)13-4-2-1-3-5-13/h1-7,10-11H,8,12H2,(H,21,22). The van der Waals surface area contributed by atoms with E-state index in [4.69, 9.17) is 10.4 Å². The average Bonchev–Trinajstić information content (AvgIpc) is 2.85. The molecule has 0 aliphatic carbocycles. The Balaban J connectivity index is 2.16. The monoisotopic (exact) mass is 290 g/mol. The number of carboxylic acid groups (broad SMARTS) is 1. The molecule has 0 unspecified atom stereocenters. The van der Waals surface area contributed by atoms with Gasteiger partial charge >= 0.3 is 5.97 Å². The molecule has 4 nitrogen and oxygen atoms in total. The summed E-state index contributed by atoms with van der Waals surface area (Å²) in [4.78, 5) is 11.0. The zero-order valence-electron chi connectivity index (χ0n) is 11.9. The van der Waals surface area contributed by atoms with Crippen LogP contribution >= 0.6 is 0 Å². The van der Waals surface area contributed by atoms with E-state index >= 15 is 0 Å². The topological polar surface area (TPSA) is 66.0 Å². The number of nitrogens with zero attached hydrogens (tertiary/aromatic N) is 2. The van der Waals surface area contributed by atoms with Crippen LogP contribution < -0.4 is 0 Å². The summed E-state index contributed by atoms with van der Waals surface area (Å²) in [5.74, 6) is -0.896. The number of rotatable bonds is 4. The number of hydrogen-bond acceptors (Lipinski definition) is 2. The van der Waals surface area contributed by atoms with Gasteiger partial charge in [-0.2, -0.15) is 5.26 Å². The van der Waals surface area contributed by atoms with E-state index in [2.05, 4.69) is 6.07 Å². The van der Waals surface area contributed by atoms with Crippen LogP contribution in [0.2, 0.25) is 0 Å². The Morgan fingerprint density at radius 2 is 1.91 bits per heavy atom. The normalized spacial score (nSPS) is 10.5. The van der Waals surface area contributed by atoms with Crippen LogP contribution in [0.5, 0.6) is 0 Å². The predicted octanol–water partition coefficient (Wildman–Crippen LogP) is 3.46. The molecule has 4 heteroatoms. The highest BCUT2D eigenvalue weighted by Crippen LogP contribution is 2.28. The molecule has 1 N–H and O–H groups in total. The van der Waals surface area contributed by atoms with Crippen molar-refractivity contribution in [2.75, 3.05) is 0 Å². The Kier molecular flexibility index (Phi) is 3.63. The van der Waals surface area contributed by atoms with Gasteiger partial charge in [0.1, 0.15) is 6.54 Å². The van der Waals surface area contributed by atoms with Crippen molar-refractivity contribution in [3.63, 3.8) is 0 Å². The van der Waals surface area contributed by atoms with Crippen molar-refractivity contribution in [1.29, 1.82) is 5.26 Å². The van der Waals surface area contributed by atoms with Gasteiger partial charge in [0.25, 0.3) is 0 Å². The first kappa shape index (κ1) is 13.9. The summed E-state index contributed by atoms with van der Waals surface area (Å²) in [6.07, 6.45) is 2.03. The molecule has 0 amide bonds. The van der Waals surface area contributed by atoms with E-state index in [9.17, 15) is 4.79 Å². The molecular formula is C18H14N2O2. The number of aliphatic carboxylic acids is 1. The van der Waals surface area contributed by atoms with Gasteiger partial charge in [0.15, 0.2) is 0 Å². The van der Waals surface area contributed by atoms with Crippen molar-refractivity contribution in [2.24, 2.45) is 0 Å². The van der Waals surface area contributed by atoms with Crippen LogP contribution in [0.1, 0.15) is 5.56 Å². The van der Waals surface area contributed by atoms with Crippen molar-refractivity contribution in [3.05, 3.63) is 60.3 Å². The number of carbonyl (C=O) groups is 1. The fourth-order valence-electron chi connectivity index (χ4n) is 2.68. The third kappa shape index (κ3) is 2.57. The molecule has 0 atom stereocenters. The molecular weight excluding hydrogens is 276 g/mol. The van der Waals surface area contributed by atoms with Crippen LogP contribution in [0.15, 0.2) is 54.7 Å². The second-order valence-corrected chi connectivity index (χ2v) is 5.11. The van der Waals surface area contributed by atoms with Gasteiger partial charge in [0.2, 0.25) is 0 Å². The minimum absolute atomic E-state index is 0.105. The van der Waals surface area contributed by atoms with Gasteiger partial charge in [-0.15, -0.1) is 0 Å². The van der Waals surface area contributed by atoms with Gasteiger partial charge in [0.05, 0.1) is 12.5 Å². The van der Waals surface area contributed by atoms with Gasteiger partial charge < -0.3 is 9.67 Å². The van der Waals surface area contributed by atoms with Crippen molar-refractivity contribution in [1.82, 2.24) is 4.57 Å². The highest BCUT2D eigenvalue weighted by molar-refractivity contribution is 5.89. The first-order valence-electron chi connectivity index (χ1n) is 6.95. The quantitative estimate of drug-likeness (QED) is 0.800. The number of carboxylic acids is 1. The van der Waals surface area contributed by atoms with Gasteiger partial charge in [0, 0.05) is 17.1 Å². The lowest BCUT2D eigenvalue weighted by molar-refractivity contribution is -0.137. The lowest BCUT2D eigenvalue weighted by Crippen LogP contribution is -2.07. The molecule has 1 aromatic heterocycles. The summed E-state index contributed by atoms with van der Waals surface area (Å²) in [5.41, 5.74) is 3.85. The van der Waals surface area contributed by atoms with E-state index in [0.29, 0.717) is 0 Å². The van der Waals surface area contributed by atoms with Crippen LogP contribution in [0.4, 0.5) is 0 Å². The highest BCUT2D eigenvalue weighted by Gasteiger charge is 2.11. The first-order valence-corrected chi connectivity index (χ1v) is 6.95. The van der Waals surface area contributed by atoms with E-state index in [-0.39, 0.29) is 13.0 Å². The Morgan fingerprint density at radius 3 is 2.59 bits per heavy atom. The average molecular weight is 290 g/mol. The first-order chi connectivity index (χ1) is 10.7. The summed E-state index contributed by atoms with van der Waals surface area (Å²) in [6, 6.07) is 18.0. The fourth-order valence-corrected chi connectivity index (χ4v) is 2.68. The Labute approximate surface area is 127 Å². The molecule has 1 heterocycles. The zero-order valence-corrected chi connectivity index (χ0v) is 11.9. The zero-order chi connectivity index (χ0) is 15.5. The van der Waals surface area contributed by atoms with Gasteiger partial charge in [-0.05, 0) is 28.8 Å². The van der Waals surface area contributed by atoms with E-state index < -0.39 is 5.97 Å². The van der Waals surface area contributed by atoms with Gasteiger partial charge in [-0.25, -0.2) is 0 Å². The van der Waals surface area contributed by atoms with Crippen molar-refractivity contribution in [2.45, 2.75) is 13.0 Å². The number of benzene rings is 2. The predicted molar refractivity (Wildman–Crippen MR) is 84.3 cm³/mol. The van der Waals surface area contributed by atoms with Crippen LogP contribution in [0, 0.1) is 11.3 Å². The second kappa shape index (κ2) is 5.74. The minimum atomic E-state index is -0.896. The van der Waals surface area contributed by atoms with Crippen LogP contribution in [0.3, 0.4) is 0 Å². The molecule has 22 heavy (non-hydrogen) atoms. The number of hydrogen-bond donors (Lipinski definition) is 1. The van der Waals surface area contributed by atoms with Crippen LogP contribution in [0.25, 0.3) is 22.0 Å². The number of fused-ring (bicyclic) bond motifs is 1. The smallest absolute Gasteiger partial charge is 0.323 e. The Bertz CT molecular complexity index is 873. The third-order valence-corrected chi connectivity index (χ3v) is 3.65. The molecule has 0 fully saturated rings. The molecule has 0 aliphatic heterocycles. The Hall–Kier alpha value is -3.06. The van der Waals surface area contributed by atoms with E-state index in [0.717, 1.165) is 27.6 Å². The van der Waals surface area contributed by atoms with Gasteiger partial charge in [-0.3, -0.25) is 4.79 Å². The third-order valence-electron chi connectivity index (χ3n) is 3.65. The maximum absolute atomic E-state index is 11.0. The summed E-state index contributed by atoms with van der Waals surface area (Å²) in [6.45, 7) is -0.105. The van der Waals surface area contributed by atoms with Crippen LogP contribution in [-0.4, -0.2) is 15.6 Å². The molecule has 0 saturated carbocycles. The number of nitriles is 1. The molecule has 3 aromatic rings. The molecule has 0 radical (unpaired) electrons. The van der Waals surface area contributed by atoms with Crippen molar-refractivity contribution >= 4 is 16.9 Å². The molecule has 0 spiro atoms. The van der Waals surface area contributed by atoms with E-state index in [1.165, 1.54) is 0 Å². The maximum Gasteiger partial charge on any atom is 0.323 e. The summed E-state index contributed by atoms with van der Waals surface area (Å²) in [5, 5.41) is 18.9. The fraction of sp³-hybridized carbons (Fsp3) is 0.111. The summed E-state index contributed by atoms with van der Waals surface area (Å²) >= 11 is 0. The highest BCUT2D eigenvalue weighted by atomic mass is 16.4. The second-order valence-electron chi connectivity index (χ2n) is 5.11. The van der Waals surface area contributed by atoms with Crippen molar-refractivity contribution < 1.29 is 9.90 Å². The molecule has 2 aromatic carbocycles. The molecule has 0 bridgehead atoms. The SMILES string of the molecule is N#CCc1cn(CC(=O)O)c2ccc(-c3ccccc3)cc12. The largest absolute Gasteiger partial charge is 0.480 e. The van der Waals surface area contributed by atoms with E-state index in [1.54, 1.807) is 10.8 Å². The summed E-state index contributed by atoms with van der Waals surface area (Å²) < 4.78 is 1.68. The molecule has 0 saturated heterocycles. The van der Waals surface area contributed by atoms with Crippen molar-refractivity contribution in [3.8, 4) is 17.2 Å². The lowest BCUT2D eigenvalue weighted by atomic mass is 10.0. The molecule has 108 valence electrons. The lowest BCUT2D eigenvalue weighted by Gasteiger charge is -2.04. The van der Waals surface area contributed by atoms with Crippen LogP contribution in [-0.2, 0) is 17.8 Å². The molecule has 3 rings (SSSR count). The maximum atomic E-state index is 11.0. The molecule has 0 aliphatic rings.